The quantitative estimate of drug-likeness (QED) is 0.459. The fourth-order valence-corrected chi connectivity index (χ4v) is 5.55. The number of rotatable bonds is 10. The summed E-state index contributed by atoms with van der Waals surface area (Å²) in [5.41, 5.74) is 4.56. The van der Waals surface area contributed by atoms with Crippen molar-refractivity contribution in [1.82, 2.24) is 10.6 Å². The minimum atomic E-state index is -0.847. The number of benzene rings is 2. The zero-order valence-electron chi connectivity index (χ0n) is 20.2. The van der Waals surface area contributed by atoms with Crippen molar-refractivity contribution in [1.29, 1.82) is 0 Å². The van der Waals surface area contributed by atoms with E-state index in [1.54, 1.807) is 0 Å². The maximum Gasteiger partial charge on any atom is 0.407 e. The Morgan fingerprint density at radius 2 is 1.60 bits per heavy atom. The van der Waals surface area contributed by atoms with Crippen LogP contribution in [0.2, 0.25) is 0 Å². The molecule has 0 bridgehead atoms. The van der Waals surface area contributed by atoms with Crippen molar-refractivity contribution >= 4 is 18.0 Å². The van der Waals surface area contributed by atoms with E-state index in [0.29, 0.717) is 18.9 Å². The highest BCUT2D eigenvalue weighted by Gasteiger charge is 2.31. The number of ether oxygens (including phenoxy) is 1. The predicted octanol–water partition coefficient (Wildman–Crippen LogP) is 4.70. The summed E-state index contributed by atoms with van der Waals surface area (Å²) in [7, 11) is 0. The second kappa shape index (κ2) is 11.4. The van der Waals surface area contributed by atoms with E-state index >= 15 is 0 Å². The van der Waals surface area contributed by atoms with E-state index in [2.05, 4.69) is 34.9 Å². The Morgan fingerprint density at radius 1 is 1.00 bits per heavy atom. The van der Waals surface area contributed by atoms with E-state index in [0.717, 1.165) is 47.9 Å². The van der Waals surface area contributed by atoms with Gasteiger partial charge in [0.15, 0.2) is 0 Å². The molecule has 35 heavy (non-hydrogen) atoms. The highest BCUT2D eigenvalue weighted by molar-refractivity contribution is 5.85. The SMILES string of the molecule is CC[C@@H](NC(=O)OCC1c2ccccc2-c2ccccc21)C(=O)NCC(CC(=O)O)C1CCCC1. The van der Waals surface area contributed by atoms with Gasteiger partial charge in [-0.05, 0) is 40.5 Å². The van der Waals surface area contributed by atoms with Gasteiger partial charge in [-0.3, -0.25) is 9.59 Å². The number of nitrogens with one attached hydrogen (secondary N) is 2. The van der Waals surface area contributed by atoms with E-state index in [1.165, 1.54) is 0 Å². The standard InChI is InChI=1S/C28H34N2O5/c1-2-25(27(33)29-16-19(15-26(31)32)18-9-3-4-10-18)30-28(34)35-17-24-22-13-7-5-11-20(22)21-12-6-8-14-23(21)24/h5-8,11-14,18-19,24-25H,2-4,9-10,15-17H2,1H3,(H,29,33)(H,30,34)(H,31,32)/t19?,25-/m1/s1. The molecule has 0 spiro atoms. The first-order valence-electron chi connectivity index (χ1n) is 12.6. The largest absolute Gasteiger partial charge is 0.481 e. The number of amides is 2. The number of hydrogen-bond acceptors (Lipinski definition) is 4. The number of alkyl carbamates (subject to hydrolysis) is 1. The van der Waals surface area contributed by atoms with Crippen LogP contribution in [0.3, 0.4) is 0 Å². The van der Waals surface area contributed by atoms with E-state index in [-0.39, 0.29) is 30.8 Å². The van der Waals surface area contributed by atoms with Crippen molar-refractivity contribution in [3.05, 3.63) is 59.7 Å². The molecule has 1 unspecified atom stereocenters. The zero-order valence-corrected chi connectivity index (χ0v) is 20.2. The lowest BCUT2D eigenvalue weighted by atomic mass is 9.88. The number of hydrogen-bond donors (Lipinski definition) is 3. The van der Waals surface area contributed by atoms with Gasteiger partial charge < -0.3 is 20.5 Å². The van der Waals surface area contributed by atoms with Crippen molar-refractivity contribution in [3.8, 4) is 11.1 Å². The van der Waals surface area contributed by atoms with Crippen molar-refractivity contribution in [2.75, 3.05) is 13.2 Å². The van der Waals surface area contributed by atoms with Gasteiger partial charge >= 0.3 is 12.1 Å². The van der Waals surface area contributed by atoms with Gasteiger partial charge in [0.25, 0.3) is 0 Å². The average molecular weight is 479 g/mol. The third kappa shape index (κ3) is 5.84. The van der Waals surface area contributed by atoms with Crippen molar-refractivity contribution < 1.29 is 24.2 Å². The Labute approximate surface area is 206 Å². The van der Waals surface area contributed by atoms with Gasteiger partial charge in [0, 0.05) is 12.5 Å². The Kier molecular flexibility index (Phi) is 8.06. The molecule has 7 heteroatoms. The van der Waals surface area contributed by atoms with Gasteiger partial charge in [0.05, 0.1) is 6.42 Å². The summed E-state index contributed by atoms with van der Waals surface area (Å²) in [5.74, 6) is -0.980. The van der Waals surface area contributed by atoms with Gasteiger partial charge in [-0.2, -0.15) is 0 Å². The smallest absolute Gasteiger partial charge is 0.407 e. The van der Waals surface area contributed by atoms with Crippen LogP contribution in [0.25, 0.3) is 11.1 Å². The second-order valence-corrected chi connectivity index (χ2v) is 9.58. The number of fused-ring (bicyclic) bond motifs is 3. The van der Waals surface area contributed by atoms with E-state index in [1.807, 2.05) is 31.2 Å². The Bertz CT molecular complexity index is 1020. The number of carbonyl (C=O) groups is 3. The molecule has 2 aromatic carbocycles. The lowest BCUT2D eigenvalue weighted by Crippen LogP contribution is -2.48. The minimum absolute atomic E-state index is 0.0432. The molecular formula is C28H34N2O5. The summed E-state index contributed by atoms with van der Waals surface area (Å²) in [6.07, 6.45) is 4.04. The predicted molar refractivity (Wildman–Crippen MR) is 133 cm³/mol. The first-order chi connectivity index (χ1) is 17.0. The molecular weight excluding hydrogens is 444 g/mol. The van der Waals surface area contributed by atoms with Crippen molar-refractivity contribution in [2.45, 2.75) is 57.4 Å². The topological polar surface area (TPSA) is 105 Å². The molecule has 1 fully saturated rings. The fourth-order valence-electron chi connectivity index (χ4n) is 5.55. The van der Waals surface area contributed by atoms with Crippen LogP contribution < -0.4 is 10.6 Å². The molecule has 0 radical (unpaired) electrons. The van der Waals surface area contributed by atoms with Gasteiger partial charge in [-0.1, -0.05) is 81.1 Å². The lowest BCUT2D eigenvalue weighted by Gasteiger charge is -2.24. The molecule has 0 aromatic heterocycles. The summed E-state index contributed by atoms with van der Waals surface area (Å²) in [6, 6.07) is 15.5. The maximum atomic E-state index is 12.8. The van der Waals surface area contributed by atoms with E-state index < -0.39 is 18.1 Å². The molecule has 0 heterocycles. The van der Waals surface area contributed by atoms with Crippen LogP contribution in [-0.4, -0.2) is 42.3 Å². The molecule has 4 rings (SSSR count). The first-order valence-corrected chi connectivity index (χ1v) is 12.6. The monoisotopic (exact) mass is 478 g/mol. The number of carbonyl (C=O) groups excluding carboxylic acids is 2. The molecule has 2 aliphatic rings. The third-order valence-electron chi connectivity index (χ3n) is 7.40. The Balaban J connectivity index is 1.31. The van der Waals surface area contributed by atoms with Crippen LogP contribution >= 0.6 is 0 Å². The van der Waals surface area contributed by atoms with Crippen LogP contribution in [-0.2, 0) is 14.3 Å². The van der Waals surface area contributed by atoms with Gasteiger partial charge in [-0.15, -0.1) is 0 Å². The first kappa shape index (κ1) is 24.8. The fraction of sp³-hybridized carbons (Fsp3) is 0.464. The average Bonchev–Trinajstić information content (AvgIpc) is 3.50. The van der Waals surface area contributed by atoms with Crippen LogP contribution in [0, 0.1) is 11.8 Å². The molecule has 0 aliphatic heterocycles. The number of carboxylic acid groups (broad SMARTS) is 1. The molecule has 2 aromatic rings. The van der Waals surface area contributed by atoms with E-state index in [9.17, 15) is 19.5 Å². The Hall–Kier alpha value is -3.35. The van der Waals surface area contributed by atoms with Crippen LogP contribution in [0.1, 0.15) is 62.5 Å². The minimum Gasteiger partial charge on any atom is -0.481 e. The molecule has 0 saturated heterocycles. The van der Waals surface area contributed by atoms with Crippen LogP contribution in [0.4, 0.5) is 4.79 Å². The molecule has 1 saturated carbocycles. The summed E-state index contributed by atoms with van der Waals surface area (Å²) >= 11 is 0. The summed E-state index contributed by atoms with van der Waals surface area (Å²) < 4.78 is 5.57. The number of aliphatic carboxylic acids is 1. The van der Waals surface area contributed by atoms with Gasteiger partial charge in [0.2, 0.25) is 5.91 Å². The lowest BCUT2D eigenvalue weighted by molar-refractivity contribution is -0.138. The van der Waals surface area contributed by atoms with Crippen LogP contribution in [0.15, 0.2) is 48.5 Å². The van der Waals surface area contributed by atoms with Crippen molar-refractivity contribution in [2.24, 2.45) is 11.8 Å². The summed E-state index contributed by atoms with van der Waals surface area (Å²) in [5, 5.41) is 14.8. The molecule has 186 valence electrons. The summed E-state index contributed by atoms with van der Waals surface area (Å²) in [6.45, 7) is 2.30. The highest BCUT2D eigenvalue weighted by Crippen LogP contribution is 2.44. The maximum absolute atomic E-state index is 12.8. The van der Waals surface area contributed by atoms with Gasteiger partial charge in [0.1, 0.15) is 12.6 Å². The van der Waals surface area contributed by atoms with Gasteiger partial charge in [-0.25, -0.2) is 4.79 Å². The zero-order chi connectivity index (χ0) is 24.8. The molecule has 2 amide bonds. The van der Waals surface area contributed by atoms with E-state index in [4.69, 9.17) is 4.74 Å². The van der Waals surface area contributed by atoms with Crippen LogP contribution in [0.5, 0.6) is 0 Å². The second-order valence-electron chi connectivity index (χ2n) is 9.58. The number of carboxylic acids is 1. The third-order valence-corrected chi connectivity index (χ3v) is 7.40. The molecule has 3 N–H and O–H groups in total. The normalized spacial score (nSPS) is 16.7. The van der Waals surface area contributed by atoms with Crippen molar-refractivity contribution in [3.63, 3.8) is 0 Å². The molecule has 2 aliphatic carbocycles. The Morgan fingerprint density at radius 3 is 2.17 bits per heavy atom. The highest BCUT2D eigenvalue weighted by atomic mass is 16.5. The molecule has 7 nitrogen and oxygen atoms in total. The summed E-state index contributed by atoms with van der Waals surface area (Å²) in [4.78, 5) is 36.7. The molecule has 2 atom stereocenters.